The van der Waals surface area contributed by atoms with Gasteiger partial charge in [0.05, 0.1) is 6.54 Å². The second-order valence-corrected chi connectivity index (χ2v) is 7.52. The number of hydrogen-bond acceptors (Lipinski definition) is 3. The fraction of sp³-hybridized carbons (Fsp3) is 0.571. The summed E-state index contributed by atoms with van der Waals surface area (Å²) in [6.07, 6.45) is 7.62. The zero-order valence-corrected chi connectivity index (χ0v) is 19.6. The first-order chi connectivity index (χ1) is 13.7. The molecule has 0 bridgehead atoms. The van der Waals surface area contributed by atoms with Crippen LogP contribution in [0.4, 0.5) is 4.39 Å². The largest absolute Gasteiger partial charge is 0.355 e. The maximum Gasteiger partial charge on any atom is 0.191 e. The Hall–Kier alpha value is -1.71. The zero-order valence-electron chi connectivity index (χ0n) is 17.3. The quantitative estimate of drug-likeness (QED) is 0.334. The van der Waals surface area contributed by atoms with Crippen LogP contribution in [0.1, 0.15) is 50.9 Å². The molecule has 1 heterocycles. The summed E-state index contributed by atoms with van der Waals surface area (Å²) in [5.74, 6) is 2.21. The third-order valence-electron chi connectivity index (χ3n) is 5.42. The summed E-state index contributed by atoms with van der Waals surface area (Å²) in [7, 11) is 0. The number of halogens is 2. The van der Waals surface area contributed by atoms with Crippen molar-refractivity contribution < 1.29 is 4.39 Å². The van der Waals surface area contributed by atoms with Crippen LogP contribution in [0.15, 0.2) is 35.6 Å². The molecular formula is C21H32FIN6. The predicted octanol–water partition coefficient (Wildman–Crippen LogP) is 3.91. The minimum Gasteiger partial charge on any atom is -0.355 e. The Labute approximate surface area is 189 Å². The molecule has 2 unspecified atom stereocenters. The molecule has 1 aliphatic rings. The number of benzene rings is 1. The van der Waals surface area contributed by atoms with Crippen molar-refractivity contribution in [2.24, 2.45) is 10.9 Å². The molecular weight excluding hydrogens is 482 g/mol. The molecule has 29 heavy (non-hydrogen) atoms. The molecule has 2 N–H and O–H groups in total. The highest BCUT2D eigenvalue weighted by Crippen LogP contribution is 2.23. The van der Waals surface area contributed by atoms with Crippen LogP contribution in [0.25, 0.3) is 0 Å². The van der Waals surface area contributed by atoms with Crippen LogP contribution in [0, 0.1) is 11.7 Å². The van der Waals surface area contributed by atoms with Gasteiger partial charge in [0.25, 0.3) is 0 Å². The van der Waals surface area contributed by atoms with Crippen molar-refractivity contribution in [2.45, 2.75) is 65.1 Å². The molecule has 2 atom stereocenters. The van der Waals surface area contributed by atoms with Crippen molar-refractivity contribution >= 4 is 29.9 Å². The van der Waals surface area contributed by atoms with E-state index >= 15 is 0 Å². The Bertz CT molecular complexity index is 761. The Morgan fingerprint density at radius 3 is 2.72 bits per heavy atom. The fourth-order valence-electron chi connectivity index (χ4n) is 3.65. The molecule has 6 nitrogen and oxygen atoms in total. The van der Waals surface area contributed by atoms with Crippen LogP contribution in [-0.4, -0.2) is 33.3 Å². The van der Waals surface area contributed by atoms with Crippen molar-refractivity contribution in [1.82, 2.24) is 25.4 Å². The van der Waals surface area contributed by atoms with Gasteiger partial charge < -0.3 is 15.2 Å². The molecule has 3 rings (SSSR count). The van der Waals surface area contributed by atoms with Crippen LogP contribution >= 0.6 is 24.0 Å². The molecule has 160 valence electrons. The van der Waals surface area contributed by atoms with E-state index in [1.54, 1.807) is 18.5 Å². The lowest BCUT2D eigenvalue weighted by Gasteiger charge is -2.31. The predicted molar refractivity (Wildman–Crippen MR) is 125 cm³/mol. The van der Waals surface area contributed by atoms with Gasteiger partial charge in [-0.15, -0.1) is 34.2 Å². The molecule has 1 aromatic carbocycles. The van der Waals surface area contributed by atoms with Crippen LogP contribution in [-0.2, 0) is 19.5 Å². The number of hydrogen-bond donors (Lipinski definition) is 2. The molecule has 1 aliphatic carbocycles. The Balaban J connectivity index is 0.00000300. The number of nitrogens with one attached hydrogen (secondary N) is 2. The van der Waals surface area contributed by atoms with Crippen molar-refractivity contribution in [3.05, 3.63) is 47.8 Å². The standard InChI is InChI=1S/C21H31FN6.HI/c1-3-20-27-25-15-28(20)13-12-23-21(26-19-7-5-4-6-16(19)2)24-14-17-8-10-18(22)11-9-17;/h8-11,15-16,19H,3-7,12-14H2,1-2H3,(H2,23,24,26);1H. The van der Waals surface area contributed by atoms with Gasteiger partial charge >= 0.3 is 0 Å². The summed E-state index contributed by atoms with van der Waals surface area (Å²) < 4.78 is 15.2. The fourth-order valence-corrected chi connectivity index (χ4v) is 3.65. The number of aromatic nitrogens is 3. The Morgan fingerprint density at radius 2 is 2.00 bits per heavy atom. The monoisotopic (exact) mass is 514 g/mol. The van der Waals surface area contributed by atoms with Crippen LogP contribution < -0.4 is 10.6 Å². The van der Waals surface area contributed by atoms with Crippen LogP contribution in [0.3, 0.4) is 0 Å². The van der Waals surface area contributed by atoms with Gasteiger partial charge in [0.1, 0.15) is 18.0 Å². The lowest BCUT2D eigenvalue weighted by atomic mass is 9.86. The lowest BCUT2D eigenvalue weighted by Crippen LogP contribution is -2.47. The minimum absolute atomic E-state index is 0. The molecule has 0 aliphatic heterocycles. The third kappa shape index (κ3) is 7.24. The topological polar surface area (TPSA) is 67.1 Å². The summed E-state index contributed by atoms with van der Waals surface area (Å²) >= 11 is 0. The zero-order chi connectivity index (χ0) is 19.8. The molecule has 1 fully saturated rings. The van der Waals surface area contributed by atoms with Gasteiger partial charge in [-0.2, -0.15) is 0 Å². The van der Waals surface area contributed by atoms with Crippen molar-refractivity contribution in [3.63, 3.8) is 0 Å². The van der Waals surface area contributed by atoms with E-state index < -0.39 is 0 Å². The van der Waals surface area contributed by atoms with Crippen molar-refractivity contribution in [3.8, 4) is 0 Å². The second-order valence-electron chi connectivity index (χ2n) is 7.52. The lowest BCUT2D eigenvalue weighted by molar-refractivity contribution is 0.306. The van der Waals surface area contributed by atoms with E-state index in [4.69, 9.17) is 4.99 Å². The number of rotatable bonds is 7. The summed E-state index contributed by atoms with van der Waals surface area (Å²) in [6.45, 7) is 6.42. The van der Waals surface area contributed by atoms with Crippen LogP contribution in [0.2, 0.25) is 0 Å². The number of aryl methyl sites for hydroxylation is 1. The van der Waals surface area contributed by atoms with Crippen LogP contribution in [0.5, 0.6) is 0 Å². The van der Waals surface area contributed by atoms with E-state index in [-0.39, 0.29) is 29.8 Å². The first kappa shape index (κ1) is 23.6. The van der Waals surface area contributed by atoms with Gasteiger partial charge in [-0.3, -0.25) is 0 Å². The van der Waals surface area contributed by atoms with E-state index in [9.17, 15) is 4.39 Å². The summed E-state index contributed by atoms with van der Waals surface area (Å²) in [5.41, 5.74) is 0.992. The van der Waals surface area contributed by atoms with E-state index in [0.717, 1.165) is 36.9 Å². The maximum absolute atomic E-state index is 13.1. The van der Waals surface area contributed by atoms with E-state index in [1.807, 2.05) is 0 Å². The third-order valence-corrected chi connectivity index (χ3v) is 5.42. The molecule has 8 heteroatoms. The first-order valence-electron chi connectivity index (χ1n) is 10.3. The SMILES string of the molecule is CCc1nncn1CCNC(=NCc1ccc(F)cc1)NC1CCCCC1C.I. The normalized spacial score (nSPS) is 19.5. The van der Waals surface area contributed by atoms with Gasteiger partial charge in [0.2, 0.25) is 0 Å². The van der Waals surface area contributed by atoms with E-state index in [0.29, 0.717) is 18.5 Å². The molecule has 1 aromatic heterocycles. The molecule has 0 amide bonds. The average molecular weight is 514 g/mol. The van der Waals surface area contributed by atoms with E-state index in [1.165, 1.54) is 37.8 Å². The molecule has 2 aromatic rings. The highest BCUT2D eigenvalue weighted by molar-refractivity contribution is 14.0. The minimum atomic E-state index is -0.221. The number of aliphatic imine (C=N–C) groups is 1. The Kier molecular flexibility index (Phi) is 9.83. The number of nitrogens with zero attached hydrogens (tertiary/aromatic N) is 4. The van der Waals surface area contributed by atoms with Gasteiger partial charge in [-0.1, -0.05) is 38.8 Å². The maximum atomic E-state index is 13.1. The first-order valence-corrected chi connectivity index (χ1v) is 10.3. The van der Waals surface area contributed by atoms with Crippen molar-refractivity contribution in [2.75, 3.05) is 6.54 Å². The number of guanidine groups is 1. The average Bonchev–Trinajstić information content (AvgIpc) is 3.16. The van der Waals surface area contributed by atoms with E-state index in [2.05, 4.69) is 39.2 Å². The van der Waals surface area contributed by atoms with Gasteiger partial charge in [0, 0.05) is 25.6 Å². The summed E-state index contributed by atoms with van der Waals surface area (Å²) in [4.78, 5) is 4.75. The molecule has 0 radical (unpaired) electrons. The second kappa shape index (κ2) is 12.1. The van der Waals surface area contributed by atoms with Gasteiger partial charge in [-0.25, -0.2) is 9.38 Å². The Morgan fingerprint density at radius 1 is 1.24 bits per heavy atom. The molecule has 0 saturated heterocycles. The van der Waals surface area contributed by atoms with Gasteiger partial charge in [-0.05, 0) is 36.5 Å². The highest BCUT2D eigenvalue weighted by Gasteiger charge is 2.22. The van der Waals surface area contributed by atoms with Gasteiger partial charge in [0.15, 0.2) is 5.96 Å². The molecule has 0 spiro atoms. The van der Waals surface area contributed by atoms with Crippen molar-refractivity contribution in [1.29, 1.82) is 0 Å². The smallest absolute Gasteiger partial charge is 0.191 e. The summed E-state index contributed by atoms with van der Waals surface area (Å²) in [5, 5.41) is 15.2. The molecule has 1 saturated carbocycles. The highest BCUT2D eigenvalue weighted by atomic mass is 127. The summed E-state index contributed by atoms with van der Waals surface area (Å²) in [6, 6.07) is 6.96.